The monoisotopic (exact) mass is 318 g/mol. The van der Waals surface area contributed by atoms with Crippen LogP contribution in [0.25, 0.3) is 0 Å². The SMILES string of the molecule is COCCC(=O)N1CCC(C2CCN(S(C)(=O)=O)CC2)C1. The first-order valence-corrected chi connectivity index (χ1v) is 9.48. The number of likely N-dealkylation sites (tertiary alicyclic amines) is 1. The Balaban J connectivity index is 1.79. The van der Waals surface area contributed by atoms with Gasteiger partial charge in [-0.15, -0.1) is 0 Å². The predicted octanol–water partition coefficient (Wildman–Crippen LogP) is 0.543. The molecule has 1 unspecified atom stereocenters. The third-order valence-corrected chi connectivity index (χ3v) is 6.03. The summed E-state index contributed by atoms with van der Waals surface area (Å²) >= 11 is 0. The van der Waals surface area contributed by atoms with Crippen LogP contribution in [0.3, 0.4) is 0 Å². The van der Waals surface area contributed by atoms with Crippen LogP contribution in [-0.2, 0) is 19.6 Å². The minimum atomic E-state index is -3.05. The average molecular weight is 318 g/mol. The normalized spacial score (nSPS) is 25.4. The summed E-state index contributed by atoms with van der Waals surface area (Å²) in [7, 11) is -1.45. The van der Waals surface area contributed by atoms with E-state index in [0.717, 1.165) is 32.4 Å². The van der Waals surface area contributed by atoms with Gasteiger partial charge in [-0.05, 0) is 31.1 Å². The molecule has 122 valence electrons. The number of amides is 1. The van der Waals surface area contributed by atoms with Crippen molar-refractivity contribution >= 4 is 15.9 Å². The number of piperidine rings is 1. The van der Waals surface area contributed by atoms with E-state index in [4.69, 9.17) is 4.74 Å². The molecule has 1 amide bonds. The highest BCUT2D eigenvalue weighted by Crippen LogP contribution is 2.32. The molecule has 2 saturated heterocycles. The highest BCUT2D eigenvalue weighted by atomic mass is 32.2. The summed E-state index contributed by atoms with van der Waals surface area (Å²) in [4.78, 5) is 13.9. The molecule has 0 N–H and O–H groups in total. The van der Waals surface area contributed by atoms with E-state index in [1.54, 1.807) is 11.4 Å². The van der Waals surface area contributed by atoms with Crippen LogP contribution in [0, 0.1) is 11.8 Å². The third-order valence-electron chi connectivity index (χ3n) is 4.73. The minimum Gasteiger partial charge on any atom is -0.384 e. The zero-order valence-corrected chi connectivity index (χ0v) is 13.8. The van der Waals surface area contributed by atoms with E-state index < -0.39 is 10.0 Å². The van der Waals surface area contributed by atoms with E-state index in [9.17, 15) is 13.2 Å². The molecule has 2 aliphatic rings. The van der Waals surface area contributed by atoms with Crippen LogP contribution in [0.4, 0.5) is 0 Å². The second-order valence-electron chi connectivity index (χ2n) is 6.13. The average Bonchev–Trinajstić information content (AvgIpc) is 2.94. The van der Waals surface area contributed by atoms with Gasteiger partial charge in [-0.3, -0.25) is 4.79 Å². The van der Waals surface area contributed by atoms with Gasteiger partial charge in [-0.1, -0.05) is 0 Å². The molecule has 0 saturated carbocycles. The lowest BCUT2D eigenvalue weighted by atomic mass is 9.84. The first-order valence-electron chi connectivity index (χ1n) is 7.63. The van der Waals surface area contributed by atoms with Crippen molar-refractivity contribution in [2.75, 3.05) is 46.2 Å². The summed E-state index contributed by atoms with van der Waals surface area (Å²) in [5.41, 5.74) is 0. The van der Waals surface area contributed by atoms with Crippen molar-refractivity contribution in [3.8, 4) is 0 Å². The van der Waals surface area contributed by atoms with Gasteiger partial charge in [-0.25, -0.2) is 12.7 Å². The Hall–Kier alpha value is -0.660. The van der Waals surface area contributed by atoms with Gasteiger partial charge in [0, 0.05) is 33.3 Å². The molecule has 6 nitrogen and oxygen atoms in total. The van der Waals surface area contributed by atoms with Crippen molar-refractivity contribution in [1.29, 1.82) is 0 Å². The Kier molecular flexibility index (Phi) is 5.62. The number of carbonyl (C=O) groups excluding carboxylic acids is 1. The molecule has 0 radical (unpaired) electrons. The van der Waals surface area contributed by atoms with E-state index in [1.807, 2.05) is 4.90 Å². The van der Waals surface area contributed by atoms with E-state index in [0.29, 0.717) is 38.0 Å². The van der Waals surface area contributed by atoms with Gasteiger partial charge < -0.3 is 9.64 Å². The molecule has 7 heteroatoms. The third kappa shape index (κ3) is 4.40. The molecule has 2 rings (SSSR count). The van der Waals surface area contributed by atoms with Gasteiger partial charge in [0.05, 0.1) is 19.3 Å². The van der Waals surface area contributed by atoms with E-state index in [-0.39, 0.29) is 5.91 Å². The first-order chi connectivity index (χ1) is 9.91. The summed E-state index contributed by atoms with van der Waals surface area (Å²) in [6, 6.07) is 0. The van der Waals surface area contributed by atoms with Crippen LogP contribution in [0.5, 0.6) is 0 Å². The van der Waals surface area contributed by atoms with E-state index in [2.05, 4.69) is 0 Å². The topological polar surface area (TPSA) is 66.9 Å². The van der Waals surface area contributed by atoms with Crippen LogP contribution in [0.15, 0.2) is 0 Å². The van der Waals surface area contributed by atoms with Crippen molar-refractivity contribution in [2.24, 2.45) is 11.8 Å². The van der Waals surface area contributed by atoms with Gasteiger partial charge in [0.15, 0.2) is 0 Å². The molecule has 0 aromatic rings. The van der Waals surface area contributed by atoms with Crippen LogP contribution in [0.2, 0.25) is 0 Å². The lowest BCUT2D eigenvalue weighted by Crippen LogP contribution is -2.40. The highest BCUT2D eigenvalue weighted by Gasteiger charge is 2.34. The van der Waals surface area contributed by atoms with Gasteiger partial charge in [0.1, 0.15) is 0 Å². The molecule has 21 heavy (non-hydrogen) atoms. The molecule has 0 aromatic carbocycles. The van der Waals surface area contributed by atoms with Crippen molar-refractivity contribution in [2.45, 2.75) is 25.7 Å². The van der Waals surface area contributed by atoms with Crippen LogP contribution in [-0.4, -0.2) is 69.7 Å². The summed E-state index contributed by atoms with van der Waals surface area (Å²) < 4.78 is 29.6. The zero-order valence-electron chi connectivity index (χ0n) is 13.0. The Morgan fingerprint density at radius 1 is 1.14 bits per heavy atom. The molecule has 2 aliphatic heterocycles. The quantitative estimate of drug-likeness (QED) is 0.742. The molecule has 2 fully saturated rings. The molecule has 0 spiro atoms. The maximum absolute atomic E-state index is 12.0. The molecule has 0 bridgehead atoms. The number of nitrogens with zero attached hydrogens (tertiary/aromatic N) is 2. The number of ether oxygens (including phenoxy) is 1. The maximum atomic E-state index is 12.0. The van der Waals surface area contributed by atoms with Gasteiger partial charge in [0.2, 0.25) is 15.9 Å². The lowest BCUT2D eigenvalue weighted by Gasteiger charge is -2.33. The molecular formula is C14H26N2O4S. The molecule has 0 aliphatic carbocycles. The van der Waals surface area contributed by atoms with Crippen LogP contribution >= 0.6 is 0 Å². The van der Waals surface area contributed by atoms with Crippen molar-refractivity contribution < 1.29 is 17.9 Å². The number of carbonyl (C=O) groups is 1. The van der Waals surface area contributed by atoms with Gasteiger partial charge >= 0.3 is 0 Å². The van der Waals surface area contributed by atoms with Gasteiger partial charge in [-0.2, -0.15) is 0 Å². The number of methoxy groups -OCH3 is 1. The Morgan fingerprint density at radius 3 is 2.33 bits per heavy atom. The zero-order chi connectivity index (χ0) is 15.5. The van der Waals surface area contributed by atoms with Crippen molar-refractivity contribution in [3.05, 3.63) is 0 Å². The predicted molar refractivity (Wildman–Crippen MR) is 80.3 cm³/mol. The fourth-order valence-corrected chi connectivity index (χ4v) is 4.30. The van der Waals surface area contributed by atoms with E-state index >= 15 is 0 Å². The Morgan fingerprint density at radius 2 is 1.76 bits per heavy atom. The number of hydrogen-bond donors (Lipinski definition) is 0. The van der Waals surface area contributed by atoms with Crippen LogP contribution < -0.4 is 0 Å². The summed E-state index contributed by atoms with van der Waals surface area (Å²) in [6.45, 7) is 3.38. The second-order valence-corrected chi connectivity index (χ2v) is 8.11. The molecular weight excluding hydrogens is 292 g/mol. The molecule has 0 aromatic heterocycles. The maximum Gasteiger partial charge on any atom is 0.224 e. The van der Waals surface area contributed by atoms with Gasteiger partial charge in [0.25, 0.3) is 0 Å². The summed E-state index contributed by atoms with van der Waals surface area (Å²) in [6.07, 6.45) is 4.60. The molecule has 1 atom stereocenters. The smallest absolute Gasteiger partial charge is 0.224 e. The number of rotatable bonds is 5. The lowest BCUT2D eigenvalue weighted by molar-refractivity contribution is -0.131. The molecule has 2 heterocycles. The minimum absolute atomic E-state index is 0.174. The standard InChI is InChI=1S/C14H26N2O4S/c1-20-10-6-14(17)15-7-3-13(11-15)12-4-8-16(9-5-12)21(2,18)19/h12-13H,3-11H2,1-2H3. The fraction of sp³-hybridized carbons (Fsp3) is 0.929. The largest absolute Gasteiger partial charge is 0.384 e. The first kappa shape index (κ1) is 16.7. The highest BCUT2D eigenvalue weighted by molar-refractivity contribution is 7.88. The van der Waals surface area contributed by atoms with Crippen LogP contribution in [0.1, 0.15) is 25.7 Å². The number of sulfonamides is 1. The Labute approximate surface area is 127 Å². The summed E-state index contributed by atoms with van der Waals surface area (Å²) in [5, 5.41) is 0. The summed E-state index contributed by atoms with van der Waals surface area (Å²) in [5.74, 6) is 1.24. The van der Waals surface area contributed by atoms with Crippen molar-refractivity contribution in [1.82, 2.24) is 9.21 Å². The Bertz CT molecular complexity index is 458. The second kappa shape index (κ2) is 7.07. The number of hydrogen-bond acceptors (Lipinski definition) is 4. The van der Waals surface area contributed by atoms with Crippen molar-refractivity contribution in [3.63, 3.8) is 0 Å². The van der Waals surface area contributed by atoms with E-state index in [1.165, 1.54) is 6.26 Å². The fourth-order valence-electron chi connectivity index (χ4n) is 3.42.